The smallest absolute Gasteiger partial charge is 0.0597 e. The zero-order valence-corrected chi connectivity index (χ0v) is 11.2. The Bertz CT molecular complexity index is 322. The Kier molecular flexibility index (Phi) is 6.22. The highest BCUT2D eigenvalue weighted by Crippen LogP contribution is 2.05. The zero-order chi connectivity index (χ0) is 12.7. The Morgan fingerprint density at radius 3 is 2.94 bits per heavy atom. The second kappa shape index (κ2) is 7.45. The van der Waals surface area contributed by atoms with Gasteiger partial charge in [0, 0.05) is 19.7 Å². The number of hydrogen-bond acceptors (Lipinski definition) is 3. The Balaban J connectivity index is 2.21. The summed E-state index contributed by atoms with van der Waals surface area (Å²) in [5.41, 5.74) is 2.33. The van der Waals surface area contributed by atoms with Crippen molar-refractivity contribution in [1.82, 2.24) is 15.1 Å². The van der Waals surface area contributed by atoms with Crippen molar-refractivity contribution in [3.05, 3.63) is 17.5 Å². The Morgan fingerprint density at radius 2 is 2.29 bits per heavy atom. The highest BCUT2D eigenvalue weighted by atomic mass is 16.3. The van der Waals surface area contributed by atoms with Gasteiger partial charge in [0.05, 0.1) is 11.4 Å². The summed E-state index contributed by atoms with van der Waals surface area (Å²) in [6, 6.07) is 2.13. The van der Waals surface area contributed by atoms with Crippen LogP contribution in [-0.2, 0) is 13.1 Å². The van der Waals surface area contributed by atoms with Gasteiger partial charge in [-0.1, -0.05) is 6.92 Å². The number of rotatable bonds is 8. The quantitative estimate of drug-likeness (QED) is 0.679. The Hall–Kier alpha value is -0.870. The summed E-state index contributed by atoms with van der Waals surface area (Å²) in [5.74, 6) is 0.417. The van der Waals surface area contributed by atoms with E-state index in [9.17, 15) is 0 Å². The molecule has 0 saturated heterocycles. The van der Waals surface area contributed by atoms with Crippen molar-refractivity contribution in [2.75, 3.05) is 13.2 Å². The lowest BCUT2D eigenvalue weighted by Gasteiger charge is -2.09. The summed E-state index contributed by atoms with van der Waals surface area (Å²) in [5, 5.41) is 16.7. The number of nitrogens with one attached hydrogen (secondary N) is 1. The van der Waals surface area contributed by atoms with Crippen LogP contribution in [0.25, 0.3) is 0 Å². The largest absolute Gasteiger partial charge is 0.396 e. The van der Waals surface area contributed by atoms with Crippen molar-refractivity contribution in [3.63, 3.8) is 0 Å². The van der Waals surface area contributed by atoms with E-state index < -0.39 is 0 Å². The monoisotopic (exact) mass is 239 g/mol. The molecule has 0 amide bonds. The van der Waals surface area contributed by atoms with E-state index in [1.54, 1.807) is 0 Å². The number of hydrogen-bond donors (Lipinski definition) is 2. The summed E-state index contributed by atoms with van der Waals surface area (Å²) in [6.45, 7) is 9.31. The van der Waals surface area contributed by atoms with E-state index in [0.717, 1.165) is 38.2 Å². The van der Waals surface area contributed by atoms with Crippen LogP contribution in [0.5, 0.6) is 0 Å². The molecule has 0 fully saturated rings. The van der Waals surface area contributed by atoms with Gasteiger partial charge in [-0.15, -0.1) is 0 Å². The van der Waals surface area contributed by atoms with Crippen molar-refractivity contribution in [1.29, 1.82) is 0 Å². The molecule has 0 aliphatic carbocycles. The molecule has 17 heavy (non-hydrogen) atoms. The van der Waals surface area contributed by atoms with Gasteiger partial charge in [-0.3, -0.25) is 4.68 Å². The minimum atomic E-state index is 0.293. The van der Waals surface area contributed by atoms with Crippen LogP contribution in [0.15, 0.2) is 6.07 Å². The van der Waals surface area contributed by atoms with Gasteiger partial charge < -0.3 is 10.4 Å². The lowest BCUT2D eigenvalue weighted by atomic mass is 10.1. The first kappa shape index (κ1) is 14.2. The molecular formula is C13H25N3O. The van der Waals surface area contributed by atoms with E-state index in [1.807, 2.05) is 11.6 Å². The molecule has 4 nitrogen and oxygen atoms in total. The predicted octanol–water partition coefficient (Wildman–Crippen LogP) is 1.71. The van der Waals surface area contributed by atoms with Gasteiger partial charge in [0.1, 0.15) is 0 Å². The molecule has 2 N–H and O–H groups in total. The molecule has 0 aliphatic rings. The van der Waals surface area contributed by atoms with Crippen LogP contribution in [-0.4, -0.2) is 28.0 Å². The highest BCUT2D eigenvalue weighted by Gasteiger charge is 2.03. The lowest BCUT2D eigenvalue weighted by Crippen LogP contribution is -2.18. The van der Waals surface area contributed by atoms with Gasteiger partial charge in [0.2, 0.25) is 0 Å². The van der Waals surface area contributed by atoms with Crippen LogP contribution in [0.4, 0.5) is 0 Å². The van der Waals surface area contributed by atoms with Gasteiger partial charge in [-0.2, -0.15) is 5.10 Å². The first-order valence-corrected chi connectivity index (χ1v) is 6.52. The third-order valence-corrected chi connectivity index (χ3v) is 2.95. The maximum Gasteiger partial charge on any atom is 0.0597 e. The average molecular weight is 239 g/mol. The van der Waals surface area contributed by atoms with E-state index in [2.05, 4.69) is 30.3 Å². The molecule has 1 atom stereocenters. The van der Waals surface area contributed by atoms with Gasteiger partial charge in [0.15, 0.2) is 0 Å². The number of aliphatic hydroxyl groups is 1. The fourth-order valence-corrected chi connectivity index (χ4v) is 1.90. The normalized spacial score (nSPS) is 12.9. The van der Waals surface area contributed by atoms with Crippen molar-refractivity contribution >= 4 is 0 Å². The molecule has 1 rings (SSSR count). The average Bonchev–Trinajstić information content (AvgIpc) is 2.69. The summed E-state index contributed by atoms with van der Waals surface area (Å²) in [7, 11) is 0. The Labute approximate surface area is 104 Å². The topological polar surface area (TPSA) is 50.1 Å². The molecule has 0 spiro atoms. The number of aliphatic hydroxyl groups excluding tert-OH is 1. The second-order valence-corrected chi connectivity index (χ2v) is 4.70. The van der Waals surface area contributed by atoms with Gasteiger partial charge in [-0.05, 0) is 45.2 Å². The van der Waals surface area contributed by atoms with E-state index in [0.29, 0.717) is 12.5 Å². The Morgan fingerprint density at radius 1 is 1.53 bits per heavy atom. The third-order valence-electron chi connectivity index (χ3n) is 2.95. The number of aromatic nitrogens is 2. The van der Waals surface area contributed by atoms with Crippen molar-refractivity contribution in [3.8, 4) is 0 Å². The molecule has 4 heteroatoms. The lowest BCUT2D eigenvalue weighted by molar-refractivity contribution is 0.228. The van der Waals surface area contributed by atoms with E-state index in [4.69, 9.17) is 5.11 Å². The molecule has 0 radical (unpaired) electrons. The molecule has 1 aromatic heterocycles. The first-order chi connectivity index (χ1) is 8.17. The van der Waals surface area contributed by atoms with Crippen LogP contribution < -0.4 is 5.32 Å². The predicted molar refractivity (Wildman–Crippen MR) is 69.8 cm³/mol. The zero-order valence-electron chi connectivity index (χ0n) is 11.2. The van der Waals surface area contributed by atoms with Gasteiger partial charge in [0.25, 0.3) is 0 Å². The summed E-state index contributed by atoms with van der Waals surface area (Å²) < 4.78 is 2.04. The van der Waals surface area contributed by atoms with Crippen LogP contribution in [0.2, 0.25) is 0 Å². The molecule has 1 aromatic rings. The molecule has 1 heterocycles. The maximum atomic E-state index is 8.91. The second-order valence-electron chi connectivity index (χ2n) is 4.70. The van der Waals surface area contributed by atoms with Crippen LogP contribution in [0, 0.1) is 12.8 Å². The maximum absolute atomic E-state index is 8.91. The minimum Gasteiger partial charge on any atom is -0.396 e. The molecule has 98 valence electrons. The third kappa shape index (κ3) is 4.88. The molecular weight excluding hydrogens is 214 g/mol. The van der Waals surface area contributed by atoms with Gasteiger partial charge in [-0.25, -0.2) is 0 Å². The van der Waals surface area contributed by atoms with Crippen LogP contribution in [0.3, 0.4) is 0 Å². The van der Waals surface area contributed by atoms with Crippen molar-refractivity contribution in [2.45, 2.75) is 46.7 Å². The number of aryl methyl sites for hydroxylation is 2. The summed E-state index contributed by atoms with van der Waals surface area (Å²) >= 11 is 0. The fraction of sp³-hybridized carbons (Fsp3) is 0.769. The molecule has 0 saturated carbocycles. The van der Waals surface area contributed by atoms with E-state index in [1.165, 1.54) is 5.69 Å². The highest BCUT2D eigenvalue weighted by molar-refractivity contribution is 5.08. The van der Waals surface area contributed by atoms with Gasteiger partial charge >= 0.3 is 0 Å². The van der Waals surface area contributed by atoms with E-state index in [-0.39, 0.29) is 0 Å². The summed E-state index contributed by atoms with van der Waals surface area (Å²) in [4.78, 5) is 0. The fourth-order valence-electron chi connectivity index (χ4n) is 1.90. The molecule has 0 bridgehead atoms. The molecule has 0 aromatic carbocycles. The molecule has 0 aliphatic heterocycles. The summed E-state index contributed by atoms with van der Waals surface area (Å²) in [6.07, 6.45) is 2.19. The molecule has 1 unspecified atom stereocenters. The first-order valence-electron chi connectivity index (χ1n) is 6.52. The van der Waals surface area contributed by atoms with Crippen LogP contribution >= 0.6 is 0 Å². The standard InChI is InChI=1S/C13H25N3O/c1-4-16-13(8-12(3)15-16)9-14-7-5-6-11(2)10-17/h8,11,14,17H,4-7,9-10H2,1-3H3. The SMILES string of the molecule is CCn1nc(C)cc1CNCCCC(C)CO. The van der Waals surface area contributed by atoms with Crippen molar-refractivity contribution < 1.29 is 5.11 Å². The number of nitrogens with zero attached hydrogens (tertiary/aromatic N) is 2. The van der Waals surface area contributed by atoms with Crippen LogP contribution in [0.1, 0.15) is 38.1 Å². The van der Waals surface area contributed by atoms with E-state index >= 15 is 0 Å². The minimum absolute atomic E-state index is 0.293. The van der Waals surface area contributed by atoms with Crippen molar-refractivity contribution in [2.24, 2.45) is 5.92 Å².